The van der Waals surface area contributed by atoms with Gasteiger partial charge in [0.15, 0.2) is 0 Å². The van der Waals surface area contributed by atoms with Crippen LogP contribution in [0.2, 0.25) is 0 Å². The summed E-state index contributed by atoms with van der Waals surface area (Å²) in [5.41, 5.74) is 2.30. The van der Waals surface area contributed by atoms with Crippen LogP contribution in [0.1, 0.15) is 23.0 Å². The zero-order chi connectivity index (χ0) is 10.8. The minimum Gasteiger partial charge on any atom is -0.464 e. The molecule has 0 fully saturated rings. The molecule has 0 amide bonds. The van der Waals surface area contributed by atoms with Gasteiger partial charge in [0, 0.05) is 11.6 Å². The van der Waals surface area contributed by atoms with Crippen LogP contribution in [0.3, 0.4) is 0 Å². The molecule has 2 heterocycles. The van der Waals surface area contributed by atoms with Crippen molar-refractivity contribution in [3.63, 3.8) is 0 Å². The van der Waals surface area contributed by atoms with Crippen molar-refractivity contribution in [2.75, 3.05) is 7.11 Å². The normalized spacial score (nSPS) is 10.5. The van der Waals surface area contributed by atoms with Crippen molar-refractivity contribution in [2.45, 2.75) is 13.3 Å². The van der Waals surface area contributed by atoms with Crippen molar-refractivity contribution in [1.29, 1.82) is 0 Å². The van der Waals surface area contributed by atoms with Crippen LogP contribution in [0.5, 0.6) is 0 Å². The molecule has 0 aliphatic rings. The second-order valence-corrected chi connectivity index (χ2v) is 3.31. The average molecular weight is 204 g/mol. The van der Waals surface area contributed by atoms with E-state index in [9.17, 15) is 4.79 Å². The number of carbonyl (C=O) groups excluding carboxylic acids is 1. The first-order valence-corrected chi connectivity index (χ1v) is 4.80. The molecule has 0 aromatic carbocycles. The Hall–Kier alpha value is -1.84. The topological polar surface area (TPSA) is 55.0 Å². The van der Waals surface area contributed by atoms with Crippen LogP contribution in [-0.2, 0) is 11.2 Å². The molecule has 2 aromatic rings. The number of pyridine rings is 1. The number of esters is 1. The largest absolute Gasteiger partial charge is 0.464 e. The summed E-state index contributed by atoms with van der Waals surface area (Å²) < 4.78 is 4.62. The van der Waals surface area contributed by atoms with Gasteiger partial charge >= 0.3 is 5.97 Å². The Kier molecular flexibility index (Phi) is 2.41. The zero-order valence-electron chi connectivity index (χ0n) is 8.70. The van der Waals surface area contributed by atoms with Crippen LogP contribution in [-0.4, -0.2) is 23.0 Å². The van der Waals surface area contributed by atoms with Crippen molar-refractivity contribution < 1.29 is 9.53 Å². The van der Waals surface area contributed by atoms with E-state index in [2.05, 4.69) is 21.6 Å². The molecule has 4 nitrogen and oxygen atoms in total. The number of aromatic nitrogens is 2. The third kappa shape index (κ3) is 1.70. The van der Waals surface area contributed by atoms with Crippen LogP contribution >= 0.6 is 0 Å². The number of aromatic amines is 1. The molecule has 0 unspecified atom stereocenters. The van der Waals surface area contributed by atoms with E-state index in [4.69, 9.17) is 0 Å². The van der Waals surface area contributed by atoms with Gasteiger partial charge in [-0.15, -0.1) is 0 Å². The van der Waals surface area contributed by atoms with E-state index >= 15 is 0 Å². The van der Waals surface area contributed by atoms with E-state index in [1.165, 1.54) is 7.11 Å². The van der Waals surface area contributed by atoms with Gasteiger partial charge < -0.3 is 9.72 Å². The molecule has 0 aliphatic heterocycles. The molecule has 15 heavy (non-hydrogen) atoms. The third-order valence-electron chi connectivity index (χ3n) is 2.34. The van der Waals surface area contributed by atoms with Gasteiger partial charge in [0.1, 0.15) is 11.3 Å². The maximum atomic E-state index is 11.3. The van der Waals surface area contributed by atoms with Crippen molar-refractivity contribution in [2.24, 2.45) is 0 Å². The number of fused-ring (bicyclic) bond motifs is 1. The molecule has 2 aromatic heterocycles. The molecule has 78 valence electrons. The molecule has 4 heteroatoms. The third-order valence-corrected chi connectivity index (χ3v) is 2.34. The standard InChI is InChI=1S/C11H12N2O2/c1-3-7-4-8-5-9(11(14)15-2)13-10(8)12-6-7/h4-6H,3H2,1-2H3,(H,12,13). The summed E-state index contributed by atoms with van der Waals surface area (Å²) in [4.78, 5) is 18.4. The molecule has 0 radical (unpaired) electrons. The van der Waals surface area contributed by atoms with Gasteiger partial charge in [-0.3, -0.25) is 0 Å². The minimum absolute atomic E-state index is 0.369. The number of aryl methyl sites for hydroxylation is 1. The SMILES string of the molecule is CCc1cnc2[nH]c(C(=O)OC)cc2c1. The Morgan fingerprint density at radius 3 is 3.00 bits per heavy atom. The number of rotatable bonds is 2. The number of nitrogens with one attached hydrogen (secondary N) is 1. The highest BCUT2D eigenvalue weighted by Crippen LogP contribution is 2.15. The number of H-pyrrole nitrogens is 1. The quantitative estimate of drug-likeness (QED) is 0.760. The Morgan fingerprint density at radius 1 is 1.53 bits per heavy atom. The monoisotopic (exact) mass is 204 g/mol. The lowest BCUT2D eigenvalue weighted by Gasteiger charge is -1.93. The lowest BCUT2D eigenvalue weighted by molar-refractivity contribution is 0.0595. The van der Waals surface area contributed by atoms with E-state index in [-0.39, 0.29) is 5.97 Å². The first kappa shape index (κ1) is 9.71. The molecule has 0 saturated heterocycles. The molecule has 0 atom stereocenters. The predicted molar refractivity (Wildman–Crippen MR) is 56.8 cm³/mol. The van der Waals surface area contributed by atoms with Crippen LogP contribution in [0.4, 0.5) is 0 Å². The van der Waals surface area contributed by atoms with Gasteiger partial charge in [0.05, 0.1) is 7.11 Å². The number of carbonyl (C=O) groups is 1. The Bertz CT molecular complexity index is 502. The second kappa shape index (κ2) is 3.73. The Labute approximate surface area is 87.3 Å². The summed E-state index contributed by atoms with van der Waals surface area (Å²) in [5, 5.41) is 0.940. The van der Waals surface area contributed by atoms with Gasteiger partial charge in [0.2, 0.25) is 0 Å². The molecule has 0 spiro atoms. The Balaban J connectivity index is 2.51. The summed E-state index contributed by atoms with van der Waals surface area (Å²) in [5.74, 6) is -0.369. The van der Waals surface area contributed by atoms with Crippen molar-refractivity contribution >= 4 is 17.0 Å². The number of hydrogen-bond donors (Lipinski definition) is 1. The van der Waals surface area contributed by atoms with E-state index in [1.807, 2.05) is 6.07 Å². The van der Waals surface area contributed by atoms with Crippen LogP contribution < -0.4 is 0 Å². The predicted octanol–water partition coefficient (Wildman–Crippen LogP) is 1.91. The number of ether oxygens (including phenoxy) is 1. The summed E-state index contributed by atoms with van der Waals surface area (Å²) in [6.45, 7) is 2.07. The van der Waals surface area contributed by atoms with Crippen LogP contribution in [0, 0.1) is 0 Å². The van der Waals surface area contributed by atoms with Gasteiger partial charge in [-0.1, -0.05) is 6.92 Å². The zero-order valence-corrected chi connectivity index (χ0v) is 8.70. The Morgan fingerprint density at radius 2 is 2.33 bits per heavy atom. The van der Waals surface area contributed by atoms with Gasteiger partial charge in [-0.25, -0.2) is 9.78 Å². The highest BCUT2D eigenvalue weighted by atomic mass is 16.5. The van der Waals surface area contributed by atoms with E-state index in [0.717, 1.165) is 17.4 Å². The number of nitrogens with zero attached hydrogens (tertiary/aromatic N) is 1. The first-order chi connectivity index (χ1) is 7.24. The highest BCUT2D eigenvalue weighted by molar-refractivity contribution is 5.93. The molecule has 1 N–H and O–H groups in total. The lowest BCUT2D eigenvalue weighted by atomic mass is 10.2. The van der Waals surface area contributed by atoms with Crippen LogP contribution in [0.15, 0.2) is 18.3 Å². The summed E-state index contributed by atoms with van der Waals surface area (Å²) in [6, 6.07) is 3.78. The van der Waals surface area contributed by atoms with Crippen LogP contribution in [0.25, 0.3) is 11.0 Å². The molecule has 0 bridgehead atoms. The smallest absolute Gasteiger partial charge is 0.354 e. The maximum absolute atomic E-state index is 11.3. The minimum atomic E-state index is -0.369. The lowest BCUT2D eigenvalue weighted by Crippen LogP contribution is -2.00. The van der Waals surface area contributed by atoms with E-state index < -0.39 is 0 Å². The summed E-state index contributed by atoms with van der Waals surface area (Å²) in [7, 11) is 1.36. The van der Waals surface area contributed by atoms with Gasteiger partial charge in [-0.05, 0) is 24.1 Å². The molecule has 2 rings (SSSR count). The van der Waals surface area contributed by atoms with Gasteiger partial charge in [0.25, 0.3) is 0 Å². The summed E-state index contributed by atoms with van der Waals surface area (Å²) in [6.07, 6.45) is 2.74. The van der Waals surface area contributed by atoms with Crippen molar-refractivity contribution in [3.8, 4) is 0 Å². The number of hydrogen-bond acceptors (Lipinski definition) is 3. The van der Waals surface area contributed by atoms with Gasteiger partial charge in [-0.2, -0.15) is 0 Å². The van der Waals surface area contributed by atoms with Crippen molar-refractivity contribution in [3.05, 3.63) is 29.6 Å². The fourth-order valence-electron chi connectivity index (χ4n) is 1.47. The molecular formula is C11H12N2O2. The average Bonchev–Trinajstić information content (AvgIpc) is 2.70. The van der Waals surface area contributed by atoms with E-state index in [1.54, 1.807) is 12.3 Å². The molecule has 0 aliphatic carbocycles. The highest BCUT2D eigenvalue weighted by Gasteiger charge is 2.09. The maximum Gasteiger partial charge on any atom is 0.354 e. The summed E-state index contributed by atoms with van der Waals surface area (Å²) >= 11 is 0. The van der Waals surface area contributed by atoms with Crippen molar-refractivity contribution in [1.82, 2.24) is 9.97 Å². The first-order valence-electron chi connectivity index (χ1n) is 4.80. The van der Waals surface area contributed by atoms with E-state index in [0.29, 0.717) is 11.3 Å². The number of methoxy groups -OCH3 is 1. The molecule has 0 saturated carbocycles. The fourth-order valence-corrected chi connectivity index (χ4v) is 1.47. The fraction of sp³-hybridized carbons (Fsp3) is 0.273. The second-order valence-electron chi connectivity index (χ2n) is 3.31. The molecular weight excluding hydrogens is 192 g/mol.